The van der Waals surface area contributed by atoms with Crippen LogP contribution in [-0.2, 0) is 22.6 Å². The minimum absolute atomic E-state index is 0.0425. The first-order chi connectivity index (χ1) is 20.0. The Labute approximate surface area is 240 Å². The molecule has 1 aliphatic carbocycles. The van der Waals surface area contributed by atoms with Gasteiger partial charge in [0.05, 0.1) is 26.9 Å². The van der Waals surface area contributed by atoms with Gasteiger partial charge in [0.15, 0.2) is 5.76 Å². The topological polar surface area (TPSA) is 84.2 Å². The van der Waals surface area contributed by atoms with Crippen molar-refractivity contribution in [3.63, 3.8) is 0 Å². The molecule has 2 heterocycles. The molecule has 1 N–H and O–H groups in total. The second kappa shape index (κ2) is 13.8. The third-order valence-electron chi connectivity index (χ3n) is 7.83. The highest BCUT2D eigenvalue weighted by atomic mass is 19.1. The van der Waals surface area contributed by atoms with E-state index in [2.05, 4.69) is 10.2 Å². The number of rotatable bonds is 10. The van der Waals surface area contributed by atoms with E-state index in [0.717, 1.165) is 50.8 Å². The molecule has 41 heavy (non-hydrogen) atoms. The van der Waals surface area contributed by atoms with Crippen molar-refractivity contribution in [3.05, 3.63) is 89.1 Å². The zero-order valence-corrected chi connectivity index (χ0v) is 23.5. The molecule has 2 amide bonds. The van der Waals surface area contributed by atoms with Crippen molar-refractivity contribution in [1.29, 1.82) is 0 Å². The van der Waals surface area contributed by atoms with Gasteiger partial charge in [-0.15, -0.1) is 0 Å². The number of hydrogen-bond donors (Lipinski definition) is 1. The quantitative estimate of drug-likeness (QED) is 0.370. The third kappa shape index (κ3) is 7.54. The summed E-state index contributed by atoms with van der Waals surface area (Å²) in [7, 11) is 1.59. The van der Waals surface area contributed by atoms with Crippen molar-refractivity contribution in [2.45, 2.75) is 57.3 Å². The van der Waals surface area contributed by atoms with E-state index < -0.39 is 17.8 Å². The van der Waals surface area contributed by atoms with E-state index in [9.17, 15) is 14.0 Å². The first-order valence-electron chi connectivity index (χ1n) is 14.4. The van der Waals surface area contributed by atoms with Crippen LogP contribution in [0.4, 0.5) is 4.39 Å². The van der Waals surface area contributed by atoms with E-state index in [1.54, 1.807) is 25.3 Å². The molecule has 3 aromatic rings. The van der Waals surface area contributed by atoms with Crippen LogP contribution in [0.15, 0.2) is 65.1 Å². The van der Waals surface area contributed by atoms with Crippen LogP contribution in [0.2, 0.25) is 0 Å². The van der Waals surface area contributed by atoms with E-state index in [1.165, 1.54) is 17.0 Å². The minimum Gasteiger partial charge on any atom is -0.497 e. The Balaban J connectivity index is 1.47. The smallest absolute Gasteiger partial charge is 0.290 e. The summed E-state index contributed by atoms with van der Waals surface area (Å²) >= 11 is 0. The molecule has 9 heteroatoms. The molecule has 2 fully saturated rings. The summed E-state index contributed by atoms with van der Waals surface area (Å²) in [5, 5.41) is 3.19. The molecule has 0 bridgehead atoms. The van der Waals surface area contributed by atoms with Crippen molar-refractivity contribution < 1.29 is 27.9 Å². The number of amides is 2. The van der Waals surface area contributed by atoms with Crippen LogP contribution in [-0.4, -0.2) is 61.1 Å². The summed E-state index contributed by atoms with van der Waals surface area (Å²) in [5.74, 6) is 0.402. The number of ether oxygens (including phenoxy) is 2. The second-order valence-electron chi connectivity index (χ2n) is 10.7. The molecule has 1 aromatic heterocycles. The summed E-state index contributed by atoms with van der Waals surface area (Å²) in [6.07, 6.45) is 5.06. The number of nitrogens with zero attached hydrogens (tertiary/aromatic N) is 2. The zero-order valence-electron chi connectivity index (χ0n) is 23.5. The van der Waals surface area contributed by atoms with Crippen LogP contribution in [0.25, 0.3) is 0 Å². The van der Waals surface area contributed by atoms with E-state index >= 15 is 0 Å². The van der Waals surface area contributed by atoms with Gasteiger partial charge in [0.1, 0.15) is 23.4 Å². The maximum atomic E-state index is 14.2. The van der Waals surface area contributed by atoms with Gasteiger partial charge in [-0.1, -0.05) is 43.5 Å². The normalized spacial score (nSPS) is 17.1. The maximum absolute atomic E-state index is 14.2. The zero-order chi connectivity index (χ0) is 28.6. The Bertz CT molecular complexity index is 1280. The van der Waals surface area contributed by atoms with E-state index in [1.807, 2.05) is 30.3 Å². The van der Waals surface area contributed by atoms with Crippen LogP contribution >= 0.6 is 0 Å². The summed E-state index contributed by atoms with van der Waals surface area (Å²) in [4.78, 5) is 31.9. The van der Waals surface area contributed by atoms with Gasteiger partial charge in [-0.25, -0.2) is 4.39 Å². The lowest BCUT2D eigenvalue weighted by molar-refractivity contribution is -0.127. The highest BCUT2D eigenvalue weighted by Crippen LogP contribution is 2.29. The van der Waals surface area contributed by atoms with Gasteiger partial charge in [-0.2, -0.15) is 0 Å². The number of halogens is 1. The van der Waals surface area contributed by atoms with Gasteiger partial charge in [-0.3, -0.25) is 14.5 Å². The van der Waals surface area contributed by atoms with Gasteiger partial charge in [0.25, 0.3) is 5.91 Å². The first-order valence-corrected chi connectivity index (χ1v) is 14.4. The van der Waals surface area contributed by atoms with Crippen molar-refractivity contribution in [2.75, 3.05) is 33.4 Å². The van der Waals surface area contributed by atoms with Crippen LogP contribution in [0.5, 0.6) is 5.75 Å². The Morgan fingerprint density at radius 3 is 2.39 bits per heavy atom. The predicted octanol–water partition coefficient (Wildman–Crippen LogP) is 5.09. The average molecular weight is 564 g/mol. The lowest BCUT2D eigenvalue weighted by Gasteiger charge is -2.33. The minimum atomic E-state index is -0.986. The number of carbonyl (C=O) groups is 2. The molecule has 2 aliphatic rings. The SMILES string of the molecule is COc1ccc(CN(C(=O)c2ccc(CN3CCOCC3)o2)C(C(=O)NC2CCCCC2)c2ccc(F)cc2)cc1. The molecule has 1 saturated carbocycles. The van der Waals surface area contributed by atoms with Gasteiger partial charge in [0.2, 0.25) is 5.91 Å². The largest absolute Gasteiger partial charge is 0.497 e. The number of morpholine rings is 1. The van der Waals surface area contributed by atoms with Crippen LogP contribution < -0.4 is 10.1 Å². The van der Waals surface area contributed by atoms with Gasteiger partial charge >= 0.3 is 0 Å². The molecule has 0 spiro atoms. The molecule has 1 unspecified atom stereocenters. The van der Waals surface area contributed by atoms with Crippen molar-refractivity contribution >= 4 is 11.8 Å². The molecule has 0 radical (unpaired) electrons. The standard InChI is InChI=1S/C32H38FN3O5/c1-39-27-13-7-23(8-14-27)21-36(32(38)29-16-15-28(41-29)22-35-17-19-40-20-18-35)30(24-9-11-25(33)12-10-24)31(37)34-26-5-3-2-4-6-26/h7-16,26,30H,2-6,17-22H2,1H3,(H,34,37). The van der Waals surface area contributed by atoms with Crippen LogP contribution in [0.1, 0.15) is 65.6 Å². The lowest BCUT2D eigenvalue weighted by Crippen LogP contribution is -2.46. The highest BCUT2D eigenvalue weighted by Gasteiger charge is 2.35. The van der Waals surface area contributed by atoms with E-state index in [0.29, 0.717) is 36.8 Å². The van der Waals surface area contributed by atoms with Crippen molar-refractivity contribution in [2.24, 2.45) is 0 Å². The summed E-state index contributed by atoms with van der Waals surface area (Å²) in [6, 6.07) is 15.7. The Kier molecular flexibility index (Phi) is 9.69. The summed E-state index contributed by atoms with van der Waals surface area (Å²) in [5.41, 5.74) is 1.35. The monoisotopic (exact) mass is 563 g/mol. The fourth-order valence-corrected chi connectivity index (χ4v) is 5.55. The number of furan rings is 1. The molecule has 8 nitrogen and oxygen atoms in total. The van der Waals surface area contributed by atoms with Crippen molar-refractivity contribution in [3.8, 4) is 5.75 Å². The summed E-state index contributed by atoms with van der Waals surface area (Å²) < 4.78 is 30.7. The number of carbonyl (C=O) groups excluding carboxylic acids is 2. The molecule has 1 atom stereocenters. The third-order valence-corrected chi connectivity index (χ3v) is 7.83. The number of methoxy groups -OCH3 is 1. The fourth-order valence-electron chi connectivity index (χ4n) is 5.55. The van der Waals surface area contributed by atoms with Crippen LogP contribution in [0, 0.1) is 5.82 Å². The number of benzene rings is 2. The Hall–Kier alpha value is -3.69. The van der Waals surface area contributed by atoms with Gasteiger partial charge in [0, 0.05) is 25.7 Å². The Morgan fingerprint density at radius 2 is 1.71 bits per heavy atom. The van der Waals surface area contributed by atoms with Gasteiger partial charge < -0.3 is 24.1 Å². The molecule has 1 saturated heterocycles. The second-order valence-corrected chi connectivity index (χ2v) is 10.7. The maximum Gasteiger partial charge on any atom is 0.290 e. The van der Waals surface area contributed by atoms with E-state index in [4.69, 9.17) is 13.9 Å². The Morgan fingerprint density at radius 1 is 1.00 bits per heavy atom. The highest BCUT2D eigenvalue weighted by molar-refractivity contribution is 5.96. The number of hydrogen-bond acceptors (Lipinski definition) is 6. The number of nitrogens with one attached hydrogen (secondary N) is 1. The molecular formula is C32H38FN3O5. The predicted molar refractivity (Wildman–Crippen MR) is 152 cm³/mol. The van der Waals surface area contributed by atoms with Crippen LogP contribution in [0.3, 0.4) is 0 Å². The lowest BCUT2D eigenvalue weighted by atomic mass is 9.94. The molecule has 1 aliphatic heterocycles. The average Bonchev–Trinajstić information content (AvgIpc) is 3.47. The molecular weight excluding hydrogens is 525 g/mol. The fraction of sp³-hybridized carbons (Fsp3) is 0.438. The first kappa shape index (κ1) is 28.8. The van der Waals surface area contributed by atoms with E-state index in [-0.39, 0.29) is 24.3 Å². The molecule has 218 valence electrons. The van der Waals surface area contributed by atoms with Gasteiger partial charge in [-0.05, 0) is 60.4 Å². The summed E-state index contributed by atoms with van der Waals surface area (Å²) in [6.45, 7) is 3.62. The molecule has 2 aromatic carbocycles. The molecule has 5 rings (SSSR count). The van der Waals surface area contributed by atoms with Crippen molar-refractivity contribution in [1.82, 2.24) is 15.1 Å².